The number of carbonyl (C=O) groups excluding carboxylic acids is 2. The van der Waals surface area contributed by atoms with Gasteiger partial charge in [0.15, 0.2) is 5.82 Å². The van der Waals surface area contributed by atoms with Crippen LogP contribution in [0.5, 0.6) is 0 Å². The number of para-hydroxylation sites is 2. The molecule has 2 aliphatic heterocycles. The van der Waals surface area contributed by atoms with E-state index < -0.39 is 0 Å². The molecule has 1 aliphatic carbocycles. The lowest BCUT2D eigenvalue weighted by molar-refractivity contribution is -0.125. The Bertz CT molecular complexity index is 982. The molecule has 170 valence electrons. The highest BCUT2D eigenvalue weighted by Gasteiger charge is 2.35. The minimum atomic E-state index is -0.312. The molecule has 1 aromatic heterocycles. The van der Waals surface area contributed by atoms with Gasteiger partial charge in [-0.15, -0.1) is 0 Å². The second kappa shape index (κ2) is 9.02. The predicted molar refractivity (Wildman–Crippen MR) is 123 cm³/mol. The van der Waals surface area contributed by atoms with Crippen LogP contribution in [0.2, 0.25) is 0 Å². The molecule has 2 N–H and O–H groups in total. The number of piperidine rings is 1. The zero-order chi connectivity index (χ0) is 22.1. The number of anilines is 2. The van der Waals surface area contributed by atoms with Crippen LogP contribution in [0.15, 0.2) is 24.3 Å². The highest BCUT2D eigenvalue weighted by molar-refractivity contribution is 6.11. The molecule has 32 heavy (non-hydrogen) atoms. The van der Waals surface area contributed by atoms with Gasteiger partial charge in [0, 0.05) is 18.4 Å². The molecular formula is C24H32N6O2. The van der Waals surface area contributed by atoms with Gasteiger partial charge in [0.25, 0.3) is 0 Å². The number of carbonyl (C=O) groups is 2. The van der Waals surface area contributed by atoms with Crippen LogP contribution < -0.4 is 10.2 Å². The van der Waals surface area contributed by atoms with E-state index in [0.717, 1.165) is 43.3 Å². The number of aromatic amines is 1. The first-order valence-electron chi connectivity index (χ1n) is 12.0. The number of H-pyrrole nitrogens is 1. The maximum Gasteiger partial charge on any atom is 0.244 e. The number of amides is 2. The lowest BCUT2D eigenvalue weighted by Gasteiger charge is -2.38. The van der Waals surface area contributed by atoms with E-state index in [-0.39, 0.29) is 30.3 Å². The number of aromatic nitrogens is 3. The van der Waals surface area contributed by atoms with Gasteiger partial charge in [0.2, 0.25) is 11.8 Å². The molecule has 3 heterocycles. The van der Waals surface area contributed by atoms with Gasteiger partial charge in [0.05, 0.1) is 17.4 Å². The third-order valence-corrected chi connectivity index (χ3v) is 7.27. The van der Waals surface area contributed by atoms with Gasteiger partial charge in [-0.3, -0.25) is 24.5 Å². The number of likely N-dealkylation sites (tertiary alicyclic amines) is 1. The van der Waals surface area contributed by atoms with Gasteiger partial charge in [0.1, 0.15) is 12.4 Å². The summed E-state index contributed by atoms with van der Waals surface area (Å²) >= 11 is 0. The minimum Gasteiger partial charge on any atom is -0.323 e. The second-order valence-corrected chi connectivity index (χ2v) is 9.41. The molecule has 8 nitrogen and oxygen atoms in total. The van der Waals surface area contributed by atoms with Crippen LogP contribution in [0.1, 0.15) is 75.4 Å². The SMILES string of the molecule is CC(C(=O)N1CC(=O)Nc2ccccc21)N1CCCC(c2n[nH]c(C3CCCCC3)n2)C1. The van der Waals surface area contributed by atoms with Crippen molar-refractivity contribution in [3.8, 4) is 0 Å². The van der Waals surface area contributed by atoms with Crippen LogP contribution in [0.3, 0.4) is 0 Å². The molecule has 2 fully saturated rings. The summed E-state index contributed by atoms with van der Waals surface area (Å²) in [6, 6.07) is 7.17. The third kappa shape index (κ3) is 4.16. The van der Waals surface area contributed by atoms with Crippen molar-refractivity contribution in [3.05, 3.63) is 35.9 Å². The van der Waals surface area contributed by atoms with Gasteiger partial charge < -0.3 is 5.32 Å². The second-order valence-electron chi connectivity index (χ2n) is 9.41. The summed E-state index contributed by atoms with van der Waals surface area (Å²) in [5, 5.41) is 10.6. The number of nitrogens with one attached hydrogen (secondary N) is 2. The zero-order valence-corrected chi connectivity index (χ0v) is 18.7. The van der Waals surface area contributed by atoms with E-state index in [4.69, 9.17) is 4.98 Å². The number of rotatable bonds is 4. The fourth-order valence-electron chi connectivity index (χ4n) is 5.41. The average molecular weight is 437 g/mol. The Kier molecular flexibility index (Phi) is 5.95. The number of hydrogen-bond acceptors (Lipinski definition) is 5. The van der Waals surface area contributed by atoms with Crippen LogP contribution in [0, 0.1) is 0 Å². The Morgan fingerprint density at radius 3 is 2.72 bits per heavy atom. The fourth-order valence-corrected chi connectivity index (χ4v) is 5.41. The van der Waals surface area contributed by atoms with Crippen molar-refractivity contribution in [1.82, 2.24) is 20.1 Å². The van der Waals surface area contributed by atoms with E-state index in [1.165, 1.54) is 32.1 Å². The summed E-state index contributed by atoms with van der Waals surface area (Å²) in [5.41, 5.74) is 1.46. The van der Waals surface area contributed by atoms with Crippen molar-refractivity contribution < 1.29 is 9.59 Å². The first-order valence-corrected chi connectivity index (χ1v) is 12.0. The summed E-state index contributed by atoms with van der Waals surface area (Å²) in [6.45, 7) is 3.63. The molecule has 2 aromatic rings. The van der Waals surface area contributed by atoms with E-state index in [1.807, 2.05) is 31.2 Å². The van der Waals surface area contributed by atoms with Crippen molar-refractivity contribution in [2.45, 2.75) is 69.7 Å². The highest BCUT2D eigenvalue weighted by atomic mass is 16.2. The van der Waals surface area contributed by atoms with E-state index >= 15 is 0 Å². The summed E-state index contributed by atoms with van der Waals surface area (Å²) < 4.78 is 0. The van der Waals surface area contributed by atoms with E-state index in [0.29, 0.717) is 11.6 Å². The number of fused-ring (bicyclic) bond motifs is 1. The maximum atomic E-state index is 13.4. The molecule has 2 amide bonds. The third-order valence-electron chi connectivity index (χ3n) is 7.27. The Hall–Kier alpha value is -2.74. The molecule has 1 saturated heterocycles. The van der Waals surface area contributed by atoms with Gasteiger partial charge in [-0.2, -0.15) is 5.10 Å². The molecule has 0 bridgehead atoms. The van der Waals surface area contributed by atoms with Crippen LogP contribution in [0.4, 0.5) is 11.4 Å². The van der Waals surface area contributed by atoms with Crippen LogP contribution in [-0.2, 0) is 9.59 Å². The van der Waals surface area contributed by atoms with E-state index in [9.17, 15) is 9.59 Å². The minimum absolute atomic E-state index is 0.0363. The Morgan fingerprint density at radius 1 is 1.09 bits per heavy atom. The smallest absolute Gasteiger partial charge is 0.244 e. The Labute approximate surface area is 188 Å². The summed E-state index contributed by atoms with van der Waals surface area (Å²) in [6.07, 6.45) is 8.30. The van der Waals surface area contributed by atoms with Crippen molar-refractivity contribution in [3.63, 3.8) is 0 Å². The molecule has 3 aliphatic rings. The number of nitrogens with zero attached hydrogens (tertiary/aromatic N) is 4. The molecular weight excluding hydrogens is 404 g/mol. The van der Waals surface area contributed by atoms with Crippen molar-refractivity contribution in [1.29, 1.82) is 0 Å². The molecule has 2 unspecified atom stereocenters. The molecule has 1 aromatic carbocycles. The van der Waals surface area contributed by atoms with Crippen LogP contribution in [0.25, 0.3) is 0 Å². The summed E-state index contributed by atoms with van der Waals surface area (Å²) in [5.74, 6) is 2.47. The van der Waals surface area contributed by atoms with Gasteiger partial charge in [-0.05, 0) is 51.3 Å². The molecule has 0 spiro atoms. The average Bonchev–Trinajstić information content (AvgIpc) is 3.34. The standard InChI is InChI=1S/C24H32N6O2/c1-16(24(32)30-15-21(31)25-19-11-5-6-12-20(19)30)29-13-7-10-18(14-29)23-26-22(27-28-23)17-8-3-2-4-9-17/h5-6,11-12,16-18H,2-4,7-10,13-15H2,1H3,(H,25,31)(H,26,27,28). The lowest BCUT2D eigenvalue weighted by Crippen LogP contribution is -2.53. The maximum absolute atomic E-state index is 13.4. The monoisotopic (exact) mass is 436 g/mol. The molecule has 0 radical (unpaired) electrons. The van der Waals surface area contributed by atoms with Crippen molar-refractivity contribution >= 4 is 23.2 Å². The lowest BCUT2D eigenvalue weighted by atomic mass is 9.89. The Morgan fingerprint density at radius 2 is 1.88 bits per heavy atom. The number of benzene rings is 1. The topological polar surface area (TPSA) is 94.2 Å². The first kappa shape index (κ1) is 21.1. The summed E-state index contributed by atoms with van der Waals surface area (Å²) in [4.78, 5) is 34.3. The van der Waals surface area contributed by atoms with E-state index in [2.05, 4.69) is 20.4 Å². The van der Waals surface area contributed by atoms with Crippen molar-refractivity contribution in [2.75, 3.05) is 29.9 Å². The highest BCUT2D eigenvalue weighted by Crippen LogP contribution is 2.33. The largest absolute Gasteiger partial charge is 0.323 e. The first-order chi connectivity index (χ1) is 15.6. The molecule has 2 atom stereocenters. The van der Waals surface area contributed by atoms with Crippen LogP contribution in [-0.4, -0.2) is 57.6 Å². The quantitative estimate of drug-likeness (QED) is 0.766. The van der Waals surface area contributed by atoms with Gasteiger partial charge in [-0.1, -0.05) is 31.4 Å². The zero-order valence-electron chi connectivity index (χ0n) is 18.7. The van der Waals surface area contributed by atoms with Gasteiger partial charge >= 0.3 is 0 Å². The van der Waals surface area contributed by atoms with Gasteiger partial charge in [-0.25, -0.2) is 4.98 Å². The Balaban J connectivity index is 1.28. The molecule has 1 saturated carbocycles. The van der Waals surface area contributed by atoms with Crippen LogP contribution >= 0.6 is 0 Å². The fraction of sp³-hybridized carbons (Fsp3) is 0.583. The van der Waals surface area contributed by atoms with Crippen molar-refractivity contribution in [2.24, 2.45) is 0 Å². The summed E-state index contributed by atoms with van der Waals surface area (Å²) in [7, 11) is 0. The molecule has 5 rings (SSSR count). The molecule has 8 heteroatoms. The van der Waals surface area contributed by atoms with E-state index in [1.54, 1.807) is 4.90 Å². The predicted octanol–water partition coefficient (Wildman–Crippen LogP) is 3.41. The normalized spacial score (nSPS) is 23.5. The number of hydrogen-bond donors (Lipinski definition) is 2.